The van der Waals surface area contributed by atoms with Gasteiger partial charge in [0, 0.05) is 41.1 Å². The molecule has 1 N–H and O–H groups in total. The van der Waals surface area contributed by atoms with E-state index in [0.717, 1.165) is 15.6 Å². The number of ether oxygens (including phenoxy) is 3. The number of rotatable bonds is 7. The van der Waals surface area contributed by atoms with Gasteiger partial charge in [-0.3, -0.25) is 4.98 Å². The highest BCUT2D eigenvalue weighted by Crippen LogP contribution is 2.45. The average Bonchev–Trinajstić information content (AvgIpc) is 3.37. The van der Waals surface area contributed by atoms with Gasteiger partial charge in [-0.1, -0.05) is 17.8 Å². The van der Waals surface area contributed by atoms with Crippen molar-refractivity contribution in [2.24, 2.45) is 0 Å². The standard InChI is InChI=1S/C25H26N6O3S2/c1-15-17(9-8-12-26-15)32-18-13-16(35-19-10-6-7-11-27-19)14-28-21(18)29-23-30-22(31-36-23)20-24(2,3)34-25(4,5)33-20/h6-14,20H,1-5H3,(H,28,29,30,31). The van der Waals surface area contributed by atoms with E-state index in [1.807, 2.05) is 71.0 Å². The number of hydrogen-bond donors (Lipinski definition) is 1. The van der Waals surface area contributed by atoms with E-state index in [1.54, 1.807) is 18.6 Å². The SMILES string of the molecule is Cc1ncccc1Oc1cc(Sc2ccccn2)cnc1Nc1nc(C2OC(C)(C)OC2(C)C)ns1. The zero-order valence-electron chi connectivity index (χ0n) is 20.6. The molecule has 0 amide bonds. The van der Waals surface area contributed by atoms with Crippen molar-refractivity contribution in [3.8, 4) is 11.5 Å². The van der Waals surface area contributed by atoms with Crippen LogP contribution >= 0.6 is 23.3 Å². The lowest BCUT2D eigenvalue weighted by Gasteiger charge is -2.22. The molecule has 0 radical (unpaired) electrons. The lowest BCUT2D eigenvalue weighted by molar-refractivity contribution is -0.158. The second-order valence-electron chi connectivity index (χ2n) is 9.16. The zero-order valence-corrected chi connectivity index (χ0v) is 22.2. The molecule has 1 aliphatic rings. The summed E-state index contributed by atoms with van der Waals surface area (Å²) in [6.45, 7) is 9.62. The Morgan fingerprint density at radius 1 is 1.03 bits per heavy atom. The lowest BCUT2D eigenvalue weighted by Crippen LogP contribution is -2.28. The van der Waals surface area contributed by atoms with Crippen molar-refractivity contribution in [3.63, 3.8) is 0 Å². The largest absolute Gasteiger partial charge is 0.452 e. The molecule has 1 fully saturated rings. The maximum Gasteiger partial charge on any atom is 0.208 e. The Balaban J connectivity index is 1.43. The summed E-state index contributed by atoms with van der Waals surface area (Å²) in [4.78, 5) is 18.9. The maximum atomic E-state index is 6.25. The summed E-state index contributed by atoms with van der Waals surface area (Å²) < 4.78 is 22.9. The summed E-state index contributed by atoms with van der Waals surface area (Å²) in [7, 11) is 0. The van der Waals surface area contributed by atoms with Crippen LogP contribution in [-0.4, -0.2) is 35.7 Å². The third kappa shape index (κ3) is 5.49. The maximum absolute atomic E-state index is 6.25. The summed E-state index contributed by atoms with van der Waals surface area (Å²) >= 11 is 2.73. The van der Waals surface area contributed by atoms with Crippen LogP contribution in [0.1, 0.15) is 45.3 Å². The molecule has 36 heavy (non-hydrogen) atoms. The smallest absolute Gasteiger partial charge is 0.208 e. The molecule has 9 nitrogen and oxygen atoms in total. The van der Waals surface area contributed by atoms with Gasteiger partial charge in [-0.05, 0) is 58.9 Å². The monoisotopic (exact) mass is 522 g/mol. The number of nitrogens with zero attached hydrogens (tertiary/aromatic N) is 5. The molecule has 1 unspecified atom stereocenters. The van der Waals surface area contributed by atoms with Crippen LogP contribution < -0.4 is 10.1 Å². The zero-order chi connectivity index (χ0) is 25.3. The molecule has 5 heterocycles. The van der Waals surface area contributed by atoms with Gasteiger partial charge in [0.25, 0.3) is 0 Å². The van der Waals surface area contributed by atoms with Crippen molar-refractivity contribution < 1.29 is 14.2 Å². The number of nitrogens with one attached hydrogen (secondary N) is 1. The van der Waals surface area contributed by atoms with Crippen LogP contribution in [0.25, 0.3) is 0 Å². The highest BCUT2D eigenvalue weighted by molar-refractivity contribution is 7.99. The Labute approximate surface area is 217 Å². The van der Waals surface area contributed by atoms with Gasteiger partial charge < -0.3 is 19.5 Å². The van der Waals surface area contributed by atoms with Crippen molar-refractivity contribution in [1.29, 1.82) is 0 Å². The fourth-order valence-corrected chi connectivity index (χ4v) is 5.24. The molecule has 0 aliphatic carbocycles. The summed E-state index contributed by atoms with van der Waals surface area (Å²) in [6.07, 6.45) is 4.87. The molecule has 0 saturated carbocycles. The normalized spacial score (nSPS) is 18.2. The first kappa shape index (κ1) is 24.6. The molecule has 4 aromatic rings. The molecule has 1 atom stereocenters. The van der Waals surface area contributed by atoms with Crippen LogP contribution in [0.15, 0.2) is 64.9 Å². The first-order valence-electron chi connectivity index (χ1n) is 11.4. The van der Waals surface area contributed by atoms with Crippen molar-refractivity contribution >= 4 is 34.2 Å². The molecule has 1 saturated heterocycles. The Kier molecular flexibility index (Phi) is 6.64. The molecule has 5 rings (SSSR count). The van der Waals surface area contributed by atoms with Crippen LogP contribution in [-0.2, 0) is 9.47 Å². The number of aryl methyl sites for hydroxylation is 1. The van der Waals surface area contributed by atoms with Crippen molar-refractivity contribution in [1.82, 2.24) is 24.3 Å². The average molecular weight is 523 g/mol. The van der Waals surface area contributed by atoms with Crippen LogP contribution in [0.2, 0.25) is 0 Å². The highest BCUT2D eigenvalue weighted by Gasteiger charge is 2.49. The molecule has 1 aliphatic heterocycles. The third-order valence-corrected chi connectivity index (χ3v) is 6.86. The van der Waals surface area contributed by atoms with Gasteiger partial charge in [0.15, 0.2) is 23.2 Å². The minimum absolute atomic E-state index is 0.391. The van der Waals surface area contributed by atoms with Crippen LogP contribution in [0.4, 0.5) is 10.9 Å². The van der Waals surface area contributed by atoms with Crippen molar-refractivity contribution in [2.75, 3.05) is 5.32 Å². The van der Waals surface area contributed by atoms with E-state index in [1.165, 1.54) is 23.3 Å². The molecule has 0 spiro atoms. The quantitative estimate of drug-likeness (QED) is 0.296. The first-order chi connectivity index (χ1) is 17.2. The predicted octanol–water partition coefficient (Wildman–Crippen LogP) is 6.32. The highest BCUT2D eigenvalue weighted by atomic mass is 32.2. The number of hydrogen-bond acceptors (Lipinski definition) is 11. The van der Waals surface area contributed by atoms with Crippen LogP contribution in [0.3, 0.4) is 0 Å². The summed E-state index contributed by atoms with van der Waals surface area (Å²) in [5, 5.41) is 4.69. The summed E-state index contributed by atoms with van der Waals surface area (Å²) in [6, 6.07) is 11.4. The molecule has 186 valence electrons. The van der Waals surface area contributed by atoms with E-state index in [-0.39, 0.29) is 0 Å². The Bertz CT molecular complexity index is 1360. The third-order valence-electron chi connectivity index (χ3n) is 5.31. The van der Waals surface area contributed by atoms with E-state index < -0.39 is 17.5 Å². The molecular formula is C25H26N6O3S2. The Hall–Kier alpha value is -3.12. The molecule has 4 aromatic heterocycles. The van der Waals surface area contributed by atoms with Gasteiger partial charge >= 0.3 is 0 Å². The molecular weight excluding hydrogens is 496 g/mol. The van der Waals surface area contributed by atoms with E-state index in [9.17, 15) is 0 Å². The fraction of sp³-hybridized carbons (Fsp3) is 0.320. The summed E-state index contributed by atoms with van der Waals surface area (Å²) in [5.74, 6) is 1.53. The van der Waals surface area contributed by atoms with Crippen LogP contribution in [0.5, 0.6) is 11.5 Å². The molecule has 0 aromatic carbocycles. The second-order valence-corrected chi connectivity index (χ2v) is 11.0. The second kappa shape index (κ2) is 9.74. The lowest BCUT2D eigenvalue weighted by atomic mass is 10.0. The van der Waals surface area contributed by atoms with Gasteiger partial charge in [-0.15, -0.1) is 0 Å². The molecule has 11 heteroatoms. The number of anilines is 2. The number of pyridine rings is 3. The topological polar surface area (TPSA) is 104 Å². The van der Waals surface area contributed by atoms with Crippen molar-refractivity contribution in [3.05, 3.63) is 66.5 Å². The minimum Gasteiger partial charge on any atom is -0.452 e. The fourth-order valence-electron chi connectivity index (χ4n) is 3.87. The van der Waals surface area contributed by atoms with Crippen LogP contribution in [0, 0.1) is 6.92 Å². The van der Waals surface area contributed by atoms with E-state index in [0.29, 0.717) is 28.3 Å². The van der Waals surface area contributed by atoms with E-state index in [2.05, 4.69) is 29.6 Å². The van der Waals surface area contributed by atoms with E-state index >= 15 is 0 Å². The predicted molar refractivity (Wildman–Crippen MR) is 138 cm³/mol. The number of aromatic nitrogens is 5. The first-order valence-corrected chi connectivity index (χ1v) is 12.9. The van der Waals surface area contributed by atoms with Gasteiger partial charge in [-0.25, -0.2) is 15.0 Å². The Morgan fingerprint density at radius 3 is 2.58 bits per heavy atom. The van der Waals surface area contributed by atoms with Gasteiger partial charge in [0.1, 0.15) is 16.9 Å². The van der Waals surface area contributed by atoms with E-state index in [4.69, 9.17) is 14.2 Å². The summed E-state index contributed by atoms with van der Waals surface area (Å²) in [5.41, 5.74) is 0.212. The van der Waals surface area contributed by atoms with Gasteiger partial charge in [-0.2, -0.15) is 4.37 Å². The van der Waals surface area contributed by atoms with Gasteiger partial charge in [0.2, 0.25) is 5.13 Å². The molecule has 0 bridgehead atoms. The van der Waals surface area contributed by atoms with Crippen molar-refractivity contribution in [2.45, 2.75) is 62.0 Å². The Morgan fingerprint density at radius 2 is 1.86 bits per heavy atom. The van der Waals surface area contributed by atoms with Gasteiger partial charge in [0.05, 0.1) is 11.3 Å². The minimum atomic E-state index is -0.710.